The minimum atomic E-state index is -0.709. The molecule has 1 amide bonds. The Kier molecular flexibility index (Phi) is 6.40. The Labute approximate surface area is 239 Å². The Balaban J connectivity index is 1.24. The molecule has 0 saturated carbocycles. The van der Waals surface area contributed by atoms with Crippen molar-refractivity contribution in [2.75, 3.05) is 28.6 Å². The number of halogens is 2. The quantitative estimate of drug-likeness (QED) is 0.295. The van der Waals surface area contributed by atoms with Crippen LogP contribution in [0.5, 0.6) is 0 Å². The van der Waals surface area contributed by atoms with Gasteiger partial charge in [0.25, 0.3) is 0 Å². The average Bonchev–Trinajstić information content (AvgIpc) is 3.68. The molecule has 13 heteroatoms. The van der Waals surface area contributed by atoms with Gasteiger partial charge in [0.1, 0.15) is 40.7 Å². The molecule has 0 spiro atoms. The van der Waals surface area contributed by atoms with Crippen molar-refractivity contribution in [3.8, 4) is 11.4 Å². The summed E-state index contributed by atoms with van der Waals surface area (Å²) in [4.78, 5) is 29.4. The van der Waals surface area contributed by atoms with Crippen LogP contribution >= 0.6 is 0 Å². The Hall–Kier alpha value is -5.07. The lowest BCUT2D eigenvalue weighted by Crippen LogP contribution is -2.44. The highest BCUT2D eigenvalue weighted by atomic mass is 19.1. The van der Waals surface area contributed by atoms with E-state index in [1.165, 1.54) is 12.1 Å². The third kappa shape index (κ3) is 4.66. The number of carbonyl (C=O) groups is 1. The molecule has 4 aromatic heterocycles. The van der Waals surface area contributed by atoms with Crippen molar-refractivity contribution in [2.24, 2.45) is 7.05 Å². The number of pyridine rings is 1. The Bertz CT molecular complexity index is 1800. The van der Waals surface area contributed by atoms with Gasteiger partial charge < -0.3 is 20.9 Å². The van der Waals surface area contributed by atoms with Crippen LogP contribution in [0.15, 0.2) is 61.2 Å². The van der Waals surface area contributed by atoms with Crippen LogP contribution in [0.4, 0.5) is 31.9 Å². The molecule has 0 radical (unpaired) electrons. The third-order valence-electron chi connectivity index (χ3n) is 7.80. The van der Waals surface area contributed by atoms with E-state index in [1.54, 1.807) is 29.2 Å². The van der Waals surface area contributed by atoms with Gasteiger partial charge >= 0.3 is 0 Å². The third-order valence-corrected chi connectivity index (χ3v) is 7.80. The fourth-order valence-electron chi connectivity index (χ4n) is 5.81. The first-order valence-corrected chi connectivity index (χ1v) is 13.8. The zero-order chi connectivity index (χ0) is 28.8. The smallest absolute Gasteiger partial charge is 0.242 e. The van der Waals surface area contributed by atoms with Crippen LogP contribution in [0.1, 0.15) is 18.5 Å². The lowest BCUT2D eigenvalue weighted by atomic mass is 10.1. The SMILES string of the molecule is Cn1ncc2c1CCCNC(=O)[C@@H]1C[C@@H](CN1c1nccn3c(-c4ccc(F)cc4F)ncc13)Nc1cccc(n1)N2. The van der Waals surface area contributed by atoms with E-state index in [4.69, 9.17) is 4.98 Å². The standard InChI is InChI=1S/C29H28F2N10O/c1-39-22-4-3-9-33-29(42)23-13-18(36-25-5-2-6-26(38-25)37-21(22)14-35-39)16-41(23)28-24-15-34-27(40(24)11-10-32-28)19-8-7-17(30)12-20(19)31/h2,5-8,10-12,14-15,18,23H,3-4,9,13,16H2,1H3,(H,33,42)(H2,36,37,38)/t18-,23-/m0/s1. The Morgan fingerprint density at radius 1 is 1.07 bits per heavy atom. The molecule has 0 unspecified atom stereocenters. The van der Waals surface area contributed by atoms with Gasteiger partial charge in [-0.15, -0.1) is 0 Å². The van der Waals surface area contributed by atoms with Gasteiger partial charge in [-0.25, -0.2) is 23.7 Å². The summed E-state index contributed by atoms with van der Waals surface area (Å²) in [6.45, 7) is 0.971. The first-order valence-electron chi connectivity index (χ1n) is 13.8. The second-order valence-corrected chi connectivity index (χ2v) is 10.5. The highest BCUT2D eigenvalue weighted by Gasteiger charge is 2.39. The minimum Gasteiger partial charge on any atom is -0.365 e. The zero-order valence-electron chi connectivity index (χ0n) is 22.8. The van der Waals surface area contributed by atoms with Crippen molar-refractivity contribution < 1.29 is 13.6 Å². The normalized spacial score (nSPS) is 18.9. The monoisotopic (exact) mass is 570 g/mol. The molecule has 1 aromatic carbocycles. The van der Waals surface area contributed by atoms with Crippen LogP contribution < -0.4 is 20.9 Å². The van der Waals surface area contributed by atoms with Gasteiger partial charge in [0.2, 0.25) is 5.91 Å². The van der Waals surface area contributed by atoms with Crippen LogP contribution in [-0.2, 0) is 18.3 Å². The number of hydrogen-bond acceptors (Lipinski definition) is 8. The molecule has 42 heavy (non-hydrogen) atoms. The zero-order valence-corrected chi connectivity index (χ0v) is 22.8. The minimum absolute atomic E-state index is 0.104. The van der Waals surface area contributed by atoms with Crippen LogP contribution in [0, 0.1) is 11.6 Å². The van der Waals surface area contributed by atoms with Crippen molar-refractivity contribution in [2.45, 2.75) is 31.3 Å². The van der Waals surface area contributed by atoms with E-state index in [0.29, 0.717) is 54.7 Å². The number of aromatic nitrogens is 6. The maximum Gasteiger partial charge on any atom is 0.242 e. The van der Waals surface area contributed by atoms with Crippen LogP contribution in [0.2, 0.25) is 0 Å². The summed E-state index contributed by atoms with van der Waals surface area (Å²) >= 11 is 0. The fraction of sp³-hybridized carbons (Fsp3) is 0.276. The molecule has 2 atom stereocenters. The number of fused-ring (bicyclic) bond motifs is 6. The molecule has 11 nitrogen and oxygen atoms in total. The molecule has 7 rings (SSSR count). The number of nitrogens with zero attached hydrogens (tertiary/aromatic N) is 7. The van der Waals surface area contributed by atoms with E-state index >= 15 is 0 Å². The second-order valence-electron chi connectivity index (χ2n) is 10.5. The Morgan fingerprint density at radius 2 is 1.95 bits per heavy atom. The average molecular weight is 571 g/mol. The number of imidazole rings is 1. The van der Waals surface area contributed by atoms with E-state index < -0.39 is 17.7 Å². The molecule has 4 bridgehead atoms. The van der Waals surface area contributed by atoms with Gasteiger partial charge in [0.05, 0.1) is 29.3 Å². The Morgan fingerprint density at radius 3 is 2.83 bits per heavy atom. The largest absolute Gasteiger partial charge is 0.365 e. The lowest BCUT2D eigenvalue weighted by molar-refractivity contribution is -0.122. The number of rotatable bonds is 2. The molecule has 1 fully saturated rings. The molecule has 0 aliphatic carbocycles. The summed E-state index contributed by atoms with van der Waals surface area (Å²) in [7, 11) is 1.90. The summed E-state index contributed by atoms with van der Waals surface area (Å²) in [5.74, 6) is 0.760. The lowest BCUT2D eigenvalue weighted by Gasteiger charge is -2.25. The molecule has 6 heterocycles. The van der Waals surface area contributed by atoms with Gasteiger partial charge in [-0.1, -0.05) is 6.07 Å². The van der Waals surface area contributed by atoms with Gasteiger partial charge in [0, 0.05) is 44.6 Å². The van der Waals surface area contributed by atoms with Gasteiger partial charge in [-0.2, -0.15) is 5.10 Å². The second kappa shape index (κ2) is 10.4. The van der Waals surface area contributed by atoms with Crippen molar-refractivity contribution in [3.05, 3.63) is 78.5 Å². The number of hydrogen-bond donors (Lipinski definition) is 3. The van der Waals surface area contributed by atoms with Crippen LogP contribution in [0.3, 0.4) is 0 Å². The van der Waals surface area contributed by atoms with Crippen LogP contribution in [0.25, 0.3) is 16.9 Å². The first-order chi connectivity index (χ1) is 20.4. The number of anilines is 4. The van der Waals surface area contributed by atoms with E-state index in [9.17, 15) is 13.6 Å². The molecule has 3 N–H and O–H groups in total. The van der Waals surface area contributed by atoms with E-state index in [-0.39, 0.29) is 17.5 Å². The highest BCUT2D eigenvalue weighted by molar-refractivity contribution is 5.88. The van der Waals surface area contributed by atoms with E-state index in [2.05, 4.69) is 31.0 Å². The summed E-state index contributed by atoms with van der Waals surface area (Å²) in [6.07, 6.45) is 8.62. The van der Waals surface area contributed by atoms with Crippen LogP contribution in [-0.4, -0.2) is 60.2 Å². The molecule has 5 aromatic rings. The molecular formula is C29H28F2N10O. The number of aryl methyl sites for hydroxylation is 1. The fourth-order valence-corrected chi connectivity index (χ4v) is 5.81. The predicted octanol–water partition coefficient (Wildman–Crippen LogP) is 3.67. The number of carbonyl (C=O) groups excluding carboxylic acids is 1. The molecule has 2 aliphatic rings. The number of benzene rings is 1. The van der Waals surface area contributed by atoms with Crippen molar-refractivity contribution >= 4 is 34.6 Å². The van der Waals surface area contributed by atoms with E-state index in [0.717, 1.165) is 23.9 Å². The number of amides is 1. The molecule has 1 saturated heterocycles. The van der Waals surface area contributed by atoms with Crippen molar-refractivity contribution in [1.82, 2.24) is 34.4 Å². The molecule has 214 valence electrons. The first kappa shape index (κ1) is 25.9. The highest BCUT2D eigenvalue weighted by Crippen LogP contribution is 2.32. The van der Waals surface area contributed by atoms with Gasteiger partial charge in [-0.3, -0.25) is 13.9 Å². The summed E-state index contributed by atoms with van der Waals surface area (Å²) < 4.78 is 31.8. The van der Waals surface area contributed by atoms with Gasteiger partial charge in [-0.05, 0) is 43.5 Å². The maximum atomic E-state index is 14.7. The predicted molar refractivity (Wildman–Crippen MR) is 154 cm³/mol. The summed E-state index contributed by atoms with van der Waals surface area (Å²) in [5.41, 5.74) is 2.68. The maximum absolute atomic E-state index is 14.7. The molecule has 2 aliphatic heterocycles. The van der Waals surface area contributed by atoms with Crippen molar-refractivity contribution in [1.29, 1.82) is 0 Å². The topological polar surface area (TPSA) is 117 Å². The summed E-state index contributed by atoms with van der Waals surface area (Å²) in [5, 5.41) is 14.4. The molecular weight excluding hydrogens is 542 g/mol. The summed E-state index contributed by atoms with van der Waals surface area (Å²) in [6, 6.07) is 8.50. The van der Waals surface area contributed by atoms with Crippen molar-refractivity contribution in [3.63, 3.8) is 0 Å². The van der Waals surface area contributed by atoms with Gasteiger partial charge in [0.15, 0.2) is 5.82 Å². The van der Waals surface area contributed by atoms with E-state index in [1.807, 2.05) is 34.8 Å². The number of nitrogens with one attached hydrogen (secondary N) is 3.